The number of nitrogens with zero attached hydrogens (tertiary/aromatic N) is 3. The third-order valence-electron chi connectivity index (χ3n) is 5.88. The number of benzene rings is 2. The molecule has 1 unspecified atom stereocenters. The van der Waals surface area contributed by atoms with E-state index >= 15 is 0 Å². The first-order valence-electron chi connectivity index (χ1n) is 11.2. The van der Waals surface area contributed by atoms with Crippen molar-refractivity contribution in [1.29, 1.82) is 0 Å². The summed E-state index contributed by atoms with van der Waals surface area (Å²) in [6.45, 7) is 5.95. The molecule has 2 heterocycles. The number of cyclic esters (lactones) is 1. The van der Waals surface area contributed by atoms with Gasteiger partial charge in [-0.1, -0.05) is 42.5 Å². The number of nitrogens with one attached hydrogen (secondary N) is 1. The van der Waals surface area contributed by atoms with Gasteiger partial charge in [-0.05, 0) is 23.8 Å². The molecule has 0 radical (unpaired) electrons. The zero-order chi connectivity index (χ0) is 23.2. The van der Waals surface area contributed by atoms with E-state index in [4.69, 9.17) is 4.74 Å². The van der Waals surface area contributed by atoms with Crippen molar-refractivity contribution in [1.82, 2.24) is 10.2 Å². The lowest BCUT2D eigenvalue weighted by atomic mass is 10.2. The fourth-order valence-corrected chi connectivity index (χ4v) is 4.09. The molecular weight excluding hydrogens is 423 g/mol. The van der Waals surface area contributed by atoms with Crippen LogP contribution < -0.4 is 15.1 Å². The second-order valence-electron chi connectivity index (χ2n) is 8.29. The molecule has 2 saturated heterocycles. The number of carbonyl (C=O) groups is 2. The minimum atomic E-state index is -0.533. The Bertz CT molecular complexity index is 1010. The van der Waals surface area contributed by atoms with E-state index in [1.807, 2.05) is 23.1 Å². The number of carbonyl (C=O) groups excluding carboxylic acids is 2. The van der Waals surface area contributed by atoms with Crippen molar-refractivity contribution in [3.63, 3.8) is 0 Å². The van der Waals surface area contributed by atoms with Crippen LogP contribution in [-0.2, 0) is 9.53 Å². The highest BCUT2D eigenvalue weighted by atomic mass is 19.1. The van der Waals surface area contributed by atoms with Gasteiger partial charge in [-0.25, -0.2) is 9.18 Å². The molecule has 1 atom stereocenters. The standard InChI is InChI=1S/C25H29FN4O3/c1-19(31)27-17-22-18-30(25(32)33-22)21-9-10-24(23(26)16-21)29-14-12-28(13-15-29)11-5-8-20-6-3-2-4-7-20/h2-10,16,22H,11-15,17-18H2,1H3,(H,27,31)/b8-5+. The lowest BCUT2D eigenvalue weighted by molar-refractivity contribution is -0.119. The summed E-state index contributed by atoms with van der Waals surface area (Å²) in [5, 5.41) is 2.64. The molecule has 2 aliphatic heterocycles. The number of halogens is 1. The Morgan fingerprint density at radius 3 is 2.61 bits per heavy atom. The van der Waals surface area contributed by atoms with E-state index in [1.54, 1.807) is 12.1 Å². The molecule has 174 valence electrons. The van der Waals surface area contributed by atoms with Gasteiger partial charge in [0, 0.05) is 39.6 Å². The second-order valence-corrected chi connectivity index (χ2v) is 8.29. The highest BCUT2D eigenvalue weighted by Crippen LogP contribution is 2.28. The normalized spacial score (nSPS) is 19.2. The zero-order valence-electron chi connectivity index (χ0n) is 18.7. The molecule has 33 heavy (non-hydrogen) atoms. The van der Waals surface area contributed by atoms with Gasteiger partial charge in [-0.15, -0.1) is 0 Å². The molecule has 8 heteroatoms. The Kier molecular flexibility index (Phi) is 7.24. The largest absolute Gasteiger partial charge is 0.442 e. The van der Waals surface area contributed by atoms with Crippen molar-refractivity contribution in [2.45, 2.75) is 13.0 Å². The van der Waals surface area contributed by atoms with E-state index in [0.717, 1.165) is 32.7 Å². The van der Waals surface area contributed by atoms with Gasteiger partial charge in [-0.2, -0.15) is 0 Å². The smallest absolute Gasteiger partial charge is 0.414 e. The van der Waals surface area contributed by atoms with Gasteiger partial charge in [-0.3, -0.25) is 14.6 Å². The van der Waals surface area contributed by atoms with Gasteiger partial charge in [0.2, 0.25) is 5.91 Å². The Labute approximate surface area is 193 Å². The fourth-order valence-electron chi connectivity index (χ4n) is 4.09. The van der Waals surface area contributed by atoms with Crippen LogP contribution in [0.1, 0.15) is 12.5 Å². The summed E-state index contributed by atoms with van der Waals surface area (Å²) in [6.07, 6.45) is 3.30. The molecule has 0 bridgehead atoms. The summed E-state index contributed by atoms with van der Waals surface area (Å²) in [7, 11) is 0. The number of anilines is 2. The average molecular weight is 453 g/mol. The van der Waals surface area contributed by atoms with Crippen LogP contribution in [-0.4, -0.2) is 68.8 Å². The summed E-state index contributed by atoms with van der Waals surface area (Å²) in [5.41, 5.74) is 2.18. The number of ether oxygens (including phenoxy) is 1. The Morgan fingerprint density at radius 2 is 1.91 bits per heavy atom. The number of hydrogen-bond donors (Lipinski definition) is 1. The predicted octanol–water partition coefficient (Wildman–Crippen LogP) is 3.12. The fraction of sp³-hybridized carbons (Fsp3) is 0.360. The van der Waals surface area contributed by atoms with Crippen LogP contribution in [0.15, 0.2) is 54.6 Å². The SMILES string of the molecule is CC(=O)NCC1CN(c2ccc(N3CCN(C/C=C/c4ccccc4)CC3)c(F)c2)C(=O)O1. The van der Waals surface area contributed by atoms with Crippen LogP contribution in [0.4, 0.5) is 20.6 Å². The third kappa shape index (κ3) is 5.90. The zero-order valence-corrected chi connectivity index (χ0v) is 18.7. The van der Waals surface area contributed by atoms with Crippen LogP contribution in [0.5, 0.6) is 0 Å². The summed E-state index contributed by atoms with van der Waals surface area (Å²) in [6, 6.07) is 15.1. The van der Waals surface area contributed by atoms with Crippen molar-refractivity contribution < 1.29 is 18.7 Å². The van der Waals surface area contributed by atoms with E-state index < -0.39 is 12.2 Å². The van der Waals surface area contributed by atoms with E-state index in [2.05, 4.69) is 34.5 Å². The molecule has 4 rings (SSSR count). The Hall–Kier alpha value is -3.39. The van der Waals surface area contributed by atoms with Gasteiger partial charge in [0.1, 0.15) is 11.9 Å². The van der Waals surface area contributed by atoms with Gasteiger partial charge >= 0.3 is 6.09 Å². The van der Waals surface area contributed by atoms with Crippen molar-refractivity contribution >= 4 is 29.5 Å². The maximum Gasteiger partial charge on any atom is 0.414 e. The third-order valence-corrected chi connectivity index (χ3v) is 5.88. The molecule has 2 aliphatic rings. The van der Waals surface area contributed by atoms with Gasteiger partial charge < -0.3 is 15.0 Å². The van der Waals surface area contributed by atoms with Crippen LogP contribution in [0, 0.1) is 5.82 Å². The lowest BCUT2D eigenvalue weighted by Crippen LogP contribution is -2.46. The predicted molar refractivity (Wildman–Crippen MR) is 127 cm³/mol. The molecule has 1 N–H and O–H groups in total. The molecular formula is C25H29FN4O3. The minimum Gasteiger partial charge on any atom is -0.442 e. The van der Waals surface area contributed by atoms with Crippen molar-refractivity contribution in [2.24, 2.45) is 0 Å². The van der Waals surface area contributed by atoms with Gasteiger partial charge in [0.05, 0.1) is 24.5 Å². The maximum absolute atomic E-state index is 15.0. The van der Waals surface area contributed by atoms with E-state index in [-0.39, 0.29) is 24.8 Å². The topological polar surface area (TPSA) is 65.1 Å². The molecule has 7 nitrogen and oxygen atoms in total. The Morgan fingerprint density at radius 1 is 1.15 bits per heavy atom. The highest BCUT2D eigenvalue weighted by molar-refractivity contribution is 5.90. The molecule has 2 aromatic rings. The van der Waals surface area contributed by atoms with E-state index in [0.29, 0.717) is 11.4 Å². The van der Waals surface area contributed by atoms with E-state index in [1.165, 1.54) is 23.5 Å². The molecule has 0 aromatic heterocycles. The summed E-state index contributed by atoms with van der Waals surface area (Å²) < 4.78 is 20.2. The first kappa shape index (κ1) is 22.8. The molecule has 2 aromatic carbocycles. The molecule has 0 saturated carbocycles. The van der Waals surface area contributed by atoms with Crippen LogP contribution in [0.25, 0.3) is 6.08 Å². The second kappa shape index (κ2) is 10.5. The van der Waals surface area contributed by atoms with Gasteiger partial charge in [0.15, 0.2) is 0 Å². The first-order valence-corrected chi connectivity index (χ1v) is 11.2. The molecule has 0 aliphatic carbocycles. The van der Waals surface area contributed by atoms with Crippen molar-refractivity contribution in [3.05, 3.63) is 66.0 Å². The monoisotopic (exact) mass is 452 g/mol. The maximum atomic E-state index is 15.0. The number of rotatable bonds is 7. The molecule has 0 spiro atoms. The summed E-state index contributed by atoms with van der Waals surface area (Å²) in [5.74, 6) is -0.546. The number of piperazine rings is 1. The van der Waals surface area contributed by atoms with Crippen LogP contribution in [0.2, 0.25) is 0 Å². The summed E-state index contributed by atoms with van der Waals surface area (Å²) >= 11 is 0. The van der Waals surface area contributed by atoms with Crippen molar-refractivity contribution in [3.8, 4) is 0 Å². The van der Waals surface area contributed by atoms with Crippen LogP contribution >= 0.6 is 0 Å². The number of hydrogen-bond acceptors (Lipinski definition) is 5. The minimum absolute atomic E-state index is 0.188. The molecule has 2 amide bonds. The quantitative estimate of drug-likeness (QED) is 0.699. The Balaban J connectivity index is 1.30. The van der Waals surface area contributed by atoms with Gasteiger partial charge in [0.25, 0.3) is 0 Å². The average Bonchev–Trinajstić information content (AvgIpc) is 3.19. The summed E-state index contributed by atoms with van der Waals surface area (Å²) in [4.78, 5) is 29.0. The van der Waals surface area contributed by atoms with Crippen LogP contribution in [0.3, 0.4) is 0 Å². The lowest BCUT2D eigenvalue weighted by Gasteiger charge is -2.35. The first-order chi connectivity index (χ1) is 16.0. The number of amides is 2. The highest BCUT2D eigenvalue weighted by Gasteiger charge is 2.33. The van der Waals surface area contributed by atoms with E-state index in [9.17, 15) is 14.0 Å². The molecule has 2 fully saturated rings. The van der Waals surface area contributed by atoms with Crippen molar-refractivity contribution in [2.75, 3.05) is 55.6 Å².